The molecule has 4 rings (SSSR count). The van der Waals surface area contributed by atoms with Crippen molar-refractivity contribution in [2.24, 2.45) is 0 Å². The van der Waals surface area contributed by atoms with E-state index in [9.17, 15) is 18.0 Å². The summed E-state index contributed by atoms with van der Waals surface area (Å²) < 4.78 is 50.0. The number of aliphatic carboxylic acids is 1. The number of benzene rings is 2. The number of oxazole rings is 1. The number of ether oxygens (including phenoxy) is 1. The number of carboxylic acid groups (broad SMARTS) is 1. The van der Waals surface area contributed by atoms with E-state index in [1.807, 2.05) is 6.92 Å². The predicted octanol–water partition coefficient (Wildman–Crippen LogP) is 5.61. The first-order chi connectivity index (χ1) is 15.2. The van der Waals surface area contributed by atoms with Crippen molar-refractivity contribution in [3.8, 4) is 17.2 Å². The summed E-state index contributed by atoms with van der Waals surface area (Å²) in [7, 11) is 0. The van der Waals surface area contributed by atoms with E-state index in [1.165, 1.54) is 12.1 Å². The monoisotopic (exact) mass is 444 g/mol. The highest BCUT2D eigenvalue weighted by atomic mass is 19.4. The number of hydrogen-bond donors (Lipinski definition) is 2. The van der Waals surface area contributed by atoms with Gasteiger partial charge in [0, 0.05) is 22.7 Å². The number of nitrogens with zero attached hydrogens (tertiary/aromatic N) is 1. The molecule has 2 aromatic heterocycles. The number of alkyl halides is 3. The van der Waals surface area contributed by atoms with E-state index >= 15 is 0 Å². The number of aryl methyl sites for hydroxylation is 1. The second-order valence-corrected chi connectivity index (χ2v) is 7.20. The molecule has 0 atom stereocenters. The molecule has 0 aliphatic heterocycles. The maximum Gasteiger partial charge on any atom is 0.416 e. The standard InChI is InChI=1S/C23H19F3N2O4/c1-2-18-20(32-22(28-18)13-3-5-15(6-4-13)23(24,25)26)12-31-16-7-8-19-17(10-16)14(11-27-19)9-21(29)30/h3-8,10-11,27H,2,9,12H2,1H3,(H,29,30). The molecule has 0 saturated heterocycles. The molecular weight excluding hydrogens is 425 g/mol. The summed E-state index contributed by atoms with van der Waals surface area (Å²) in [6, 6.07) is 9.92. The number of carbonyl (C=O) groups is 1. The van der Waals surface area contributed by atoms with E-state index in [0.717, 1.165) is 23.0 Å². The van der Waals surface area contributed by atoms with Crippen LogP contribution in [0.1, 0.15) is 29.5 Å². The average molecular weight is 444 g/mol. The van der Waals surface area contributed by atoms with Crippen molar-refractivity contribution in [1.29, 1.82) is 0 Å². The van der Waals surface area contributed by atoms with Crippen LogP contribution in [0.15, 0.2) is 53.1 Å². The van der Waals surface area contributed by atoms with Crippen LogP contribution in [0.25, 0.3) is 22.4 Å². The zero-order chi connectivity index (χ0) is 22.9. The molecule has 0 spiro atoms. The fraction of sp³-hybridized carbons (Fsp3) is 0.217. The number of aromatic nitrogens is 2. The second kappa shape index (κ2) is 8.41. The molecule has 0 saturated carbocycles. The molecule has 0 radical (unpaired) electrons. The predicted molar refractivity (Wildman–Crippen MR) is 110 cm³/mol. The van der Waals surface area contributed by atoms with Gasteiger partial charge in [-0.15, -0.1) is 0 Å². The van der Waals surface area contributed by atoms with Crippen molar-refractivity contribution in [2.45, 2.75) is 32.5 Å². The van der Waals surface area contributed by atoms with Gasteiger partial charge in [-0.2, -0.15) is 13.2 Å². The van der Waals surface area contributed by atoms with Crippen LogP contribution in [-0.2, 0) is 30.4 Å². The molecular formula is C23H19F3N2O4. The molecule has 2 aromatic carbocycles. The van der Waals surface area contributed by atoms with E-state index in [4.69, 9.17) is 14.3 Å². The number of H-pyrrole nitrogens is 1. The van der Waals surface area contributed by atoms with Gasteiger partial charge >= 0.3 is 12.1 Å². The molecule has 32 heavy (non-hydrogen) atoms. The van der Waals surface area contributed by atoms with Gasteiger partial charge in [0.15, 0.2) is 5.76 Å². The Hall–Kier alpha value is -3.75. The van der Waals surface area contributed by atoms with Crippen molar-refractivity contribution in [3.63, 3.8) is 0 Å². The van der Waals surface area contributed by atoms with E-state index in [0.29, 0.717) is 34.8 Å². The van der Waals surface area contributed by atoms with Gasteiger partial charge in [0.25, 0.3) is 0 Å². The van der Waals surface area contributed by atoms with Crippen LogP contribution in [0.4, 0.5) is 13.2 Å². The van der Waals surface area contributed by atoms with Crippen LogP contribution in [0.2, 0.25) is 0 Å². The largest absolute Gasteiger partial charge is 0.486 e. The van der Waals surface area contributed by atoms with Crippen LogP contribution in [0.5, 0.6) is 5.75 Å². The highest BCUT2D eigenvalue weighted by Crippen LogP contribution is 2.32. The molecule has 0 fully saturated rings. The van der Waals surface area contributed by atoms with Crippen LogP contribution < -0.4 is 4.74 Å². The number of carboxylic acids is 1. The topological polar surface area (TPSA) is 88.4 Å². The summed E-state index contributed by atoms with van der Waals surface area (Å²) in [5.41, 5.74) is 1.79. The average Bonchev–Trinajstić information content (AvgIpc) is 3.35. The third-order valence-corrected chi connectivity index (χ3v) is 5.02. The van der Waals surface area contributed by atoms with Crippen LogP contribution in [-0.4, -0.2) is 21.0 Å². The Morgan fingerprint density at radius 2 is 1.94 bits per heavy atom. The lowest BCUT2D eigenvalue weighted by Gasteiger charge is -2.06. The number of halogens is 3. The Bertz CT molecular complexity index is 1260. The lowest BCUT2D eigenvalue weighted by Crippen LogP contribution is -2.03. The molecule has 0 aliphatic carbocycles. The summed E-state index contributed by atoms with van der Waals surface area (Å²) in [6.07, 6.45) is -2.30. The SMILES string of the molecule is CCc1nc(-c2ccc(C(F)(F)F)cc2)oc1COc1ccc2[nH]cc(CC(=O)O)c2c1. The molecule has 0 bridgehead atoms. The number of fused-ring (bicyclic) bond motifs is 1. The molecule has 4 aromatic rings. The normalized spacial score (nSPS) is 11.8. The zero-order valence-electron chi connectivity index (χ0n) is 17.0. The quantitative estimate of drug-likeness (QED) is 0.387. The van der Waals surface area contributed by atoms with Crippen LogP contribution in [0.3, 0.4) is 0 Å². The molecule has 9 heteroatoms. The molecule has 0 aliphatic rings. The van der Waals surface area contributed by atoms with Gasteiger partial charge in [-0.25, -0.2) is 4.98 Å². The van der Waals surface area contributed by atoms with E-state index in [-0.39, 0.29) is 18.9 Å². The molecule has 2 heterocycles. The smallest absolute Gasteiger partial charge is 0.416 e. The Balaban J connectivity index is 1.54. The van der Waals surface area contributed by atoms with Gasteiger partial charge in [0.2, 0.25) is 5.89 Å². The lowest BCUT2D eigenvalue weighted by atomic mass is 10.1. The Kier molecular flexibility index (Phi) is 5.65. The molecule has 6 nitrogen and oxygen atoms in total. The molecule has 0 unspecified atom stereocenters. The van der Waals surface area contributed by atoms with E-state index < -0.39 is 17.7 Å². The van der Waals surface area contributed by atoms with Gasteiger partial charge in [0.05, 0.1) is 17.7 Å². The van der Waals surface area contributed by atoms with Gasteiger partial charge in [-0.3, -0.25) is 4.79 Å². The minimum Gasteiger partial charge on any atom is -0.486 e. The number of rotatable bonds is 7. The van der Waals surface area contributed by atoms with Crippen molar-refractivity contribution >= 4 is 16.9 Å². The van der Waals surface area contributed by atoms with Crippen molar-refractivity contribution in [2.75, 3.05) is 0 Å². The maximum absolute atomic E-state index is 12.8. The lowest BCUT2D eigenvalue weighted by molar-refractivity contribution is -0.138. The number of nitrogens with one attached hydrogen (secondary N) is 1. The summed E-state index contributed by atoms with van der Waals surface area (Å²) >= 11 is 0. The van der Waals surface area contributed by atoms with Crippen molar-refractivity contribution in [3.05, 3.63) is 71.2 Å². The molecule has 0 amide bonds. The third kappa shape index (κ3) is 4.46. The summed E-state index contributed by atoms with van der Waals surface area (Å²) in [6.45, 7) is 1.96. The number of hydrogen-bond acceptors (Lipinski definition) is 4. The van der Waals surface area contributed by atoms with Crippen molar-refractivity contribution < 1.29 is 32.2 Å². The van der Waals surface area contributed by atoms with Crippen LogP contribution in [0, 0.1) is 0 Å². The minimum atomic E-state index is -4.41. The Labute approximate surface area is 180 Å². The summed E-state index contributed by atoms with van der Waals surface area (Å²) in [5, 5.41) is 9.81. The first-order valence-corrected chi connectivity index (χ1v) is 9.85. The summed E-state index contributed by atoms with van der Waals surface area (Å²) in [5.74, 6) is 0.293. The van der Waals surface area contributed by atoms with Crippen LogP contribution >= 0.6 is 0 Å². The Morgan fingerprint density at radius 1 is 1.19 bits per heavy atom. The fourth-order valence-corrected chi connectivity index (χ4v) is 3.40. The van der Waals surface area contributed by atoms with Gasteiger partial charge in [-0.05, 0) is 54.4 Å². The molecule has 2 N–H and O–H groups in total. The van der Waals surface area contributed by atoms with E-state index in [1.54, 1.807) is 24.4 Å². The fourth-order valence-electron chi connectivity index (χ4n) is 3.40. The zero-order valence-corrected chi connectivity index (χ0v) is 17.0. The Morgan fingerprint density at radius 3 is 2.59 bits per heavy atom. The molecule has 166 valence electrons. The first kappa shape index (κ1) is 21.5. The highest BCUT2D eigenvalue weighted by Gasteiger charge is 2.30. The van der Waals surface area contributed by atoms with E-state index in [2.05, 4.69) is 9.97 Å². The van der Waals surface area contributed by atoms with Gasteiger partial charge < -0.3 is 19.2 Å². The van der Waals surface area contributed by atoms with Gasteiger partial charge in [-0.1, -0.05) is 6.92 Å². The first-order valence-electron chi connectivity index (χ1n) is 9.85. The van der Waals surface area contributed by atoms with Crippen molar-refractivity contribution in [1.82, 2.24) is 9.97 Å². The highest BCUT2D eigenvalue weighted by molar-refractivity contribution is 5.88. The van der Waals surface area contributed by atoms with Gasteiger partial charge in [0.1, 0.15) is 12.4 Å². The second-order valence-electron chi connectivity index (χ2n) is 7.20. The maximum atomic E-state index is 12.8. The third-order valence-electron chi connectivity index (χ3n) is 5.02. The number of aromatic amines is 1. The minimum absolute atomic E-state index is 0.0704. The summed E-state index contributed by atoms with van der Waals surface area (Å²) in [4.78, 5) is 18.5.